The van der Waals surface area contributed by atoms with E-state index >= 15 is 0 Å². The maximum absolute atomic E-state index is 13.0. The van der Waals surface area contributed by atoms with Gasteiger partial charge in [-0.3, -0.25) is 14.4 Å². The lowest BCUT2D eigenvalue weighted by molar-refractivity contribution is -0.150. The van der Waals surface area contributed by atoms with Gasteiger partial charge in [-0.2, -0.15) is 5.26 Å². The summed E-state index contributed by atoms with van der Waals surface area (Å²) < 4.78 is 11.4. The molecular weight excluding hydrogens is 522 g/mol. The number of hydrogen-bond donors (Lipinski definition) is 2. The molecule has 0 radical (unpaired) electrons. The minimum atomic E-state index is -1.28. The van der Waals surface area contributed by atoms with Gasteiger partial charge in [-0.25, -0.2) is 0 Å². The Morgan fingerprint density at radius 2 is 1.91 bits per heavy atom. The van der Waals surface area contributed by atoms with Gasteiger partial charge in [-0.05, 0) is 37.3 Å². The fraction of sp³-hybridized carbons (Fsp3) is 0.250. The number of hydrogen-bond acceptors (Lipinski definition) is 7. The molecule has 3 rings (SSSR count). The van der Waals surface area contributed by atoms with Crippen molar-refractivity contribution in [3.8, 4) is 11.8 Å². The third-order valence-corrected chi connectivity index (χ3v) is 6.56. The lowest BCUT2D eigenvalue weighted by Crippen LogP contribution is -2.44. The van der Waals surface area contributed by atoms with Crippen LogP contribution in [-0.4, -0.2) is 37.3 Å². The van der Waals surface area contributed by atoms with Gasteiger partial charge in [0.05, 0.1) is 36.1 Å². The van der Waals surface area contributed by atoms with E-state index in [0.29, 0.717) is 23.6 Å². The number of nitriles is 1. The predicted octanol–water partition coefficient (Wildman–Crippen LogP) is 3.96. The molecule has 2 aromatic rings. The lowest BCUT2D eigenvalue weighted by Gasteiger charge is -2.31. The van der Waals surface area contributed by atoms with Crippen molar-refractivity contribution in [2.75, 3.05) is 24.8 Å². The molecule has 1 aliphatic rings. The molecule has 0 bridgehead atoms. The number of para-hydroxylation sites is 1. The van der Waals surface area contributed by atoms with Crippen LogP contribution < -0.4 is 15.4 Å². The van der Waals surface area contributed by atoms with Crippen molar-refractivity contribution < 1.29 is 23.9 Å². The van der Waals surface area contributed by atoms with Crippen molar-refractivity contribution >= 4 is 51.2 Å². The maximum Gasteiger partial charge on any atom is 0.319 e. The minimum absolute atomic E-state index is 0.0560. The highest BCUT2D eigenvalue weighted by atomic mass is 79.9. The molecular formula is C24H22BrN3O5S. The lowest BCUT2D eigenvalue weighted by atomic mass is 9.78. The summed E-state index contributed by atoms with van der Waals surface area (Å²) in [5.74, 6) is -3.49. The quantitative estimate of drug-likeness (QED) is 0.382. The number of thioether (sulfide) groups is 1. The summed E-state index contributed by atoms with van der Waals surface area (Å²) in [5, 5.41) is 15.6. The van der Waals surface area contributed by atoms with E-state index in [2.05, 4.69) is 32.6 Å². The second-order valence-corrected chi connectivity index (χ2v) is 9.04. The van der Waals surface area contributed by atoms with Gasteiger partial charge >= 0.3 is 5.97 Å². The normalized spacial score (nSPS) is 17.4. The number of anilines is 1. The molecule has 176 valence electrons. The zero-order valence-electron chi connectivity index (χ0n) is 18.5. The summed E-state index contributed by atoms with van der Waals surface area (Å²) >= 11 is 4.35. The van der Waals surface area contributed by atoms with Crippen molar-refractivity contribution in [1.29, 1.82) is 5.26 Å². The van der Waals surface area contributed by atoms with E-state index in [1.807, 2.05) is 6.92 Å². The van der Waals surface area contributed by atoms with Crippen LogP contribution in [0.4, 0.5) is 5.69 Å². The molecule has 2 N–H and O–H groups in total. The van der Waals surface area contributed by atoms with E-state index in [4.69, 9.17) is 9.47 Å². The number of carbonyl (C=O) groups excluding carboxylic acids is 3. The van der Waals surface area contributed by atoms with Crippen LogP contribution in [0.1, 0.15) is 18.4 Å². The summed E-state index contributed by atoms with van der Waals surface area (Å²) in [6.45, 7) is 2.18. The van der Waals surface area contributed by atoms with Gasteiger partial charge in [0.2, 0.25) is 11.8 Å². The predicted molar refractivity (Wildman–Crippen MR) is 132 cm³/mol. The van der Waals surface area contributed by atoms with Crippen LogP contribution in [0.3, 0.4) is 0 Å². The monoisotopic (exact) mass is 543 g/mol. The van der Waals surface area contributed by atoms with Crippen molar-refractivity contribution in [3.63, 3.8) is 0 Å². The second kappa shape index (κ2) is 11.7. The van der Waals surface area contributed by atoms with Gasteiger partial charge in [0, 0.05) is 21.6 Å². The first-order chi connectivity index (χ1) is 16.4. The first-order valence-electron chi connectivity index (χ1n) is 10.3. The number of methoxy groups -OCH3 is 1. The number of benzene rings is 2. The fourth-order valence-electron chi connectivity index (χ4n) is 3.55. The molecule has 2 amide bonds. The number of ether oxygens (including phenoxy) is 2. The van der Waals surface area contributed by atoms with Gasteiger partial charge < -0.3 is 20.1 Å². The van der Waals surface area contributed by atoms with E-state index in [-0.39, 0.29) is 22.3 Å². The van der Waals surface area contributed by atoms with Crippen LogP contribution in [0.25, 0.3) is 0 Å². The molecule has 2 atom stereocenters. The Morgan fingerprint density at radius 1 is 1.21 bits per heavy atom. The molecule has 1 aliphatic heterocycles. The zero-order valence-corrected chi connectivity index (χ0v) is 20.9. The summed E-state index contributed by atoms with van der Waals surface area (Å²) in [5.41, 5.74) is 1.29. The number of carbonyl (C=O) groups is 3. The Balaban J connectivity index is 1.93. The number of esters is 1. The van der Waals surface area contributed by atoms with Gasteiger partial charge in [0.15, 0.2) is 0 Å². The number of rotatable bonds is 8. The van der Waals surface area contributed by atoms with E-state index < -0.39 is 23.7 Å². The van der Waals surface area contributed by atoms with E-state index in [9.17, 15) is 19.6 Å². The minimum Gasteiger partial charge on any atom is -0.494 e. The van der Waals surface area contributed by atoms with Crippen LogP contribution in [0.2, 0.25) is 0 Å². The molecule has 0 aliphatic carbocycles. The third-order valence-electron chi connectivity index (χ3n) is 5.01. The molecule has 34 heavy (non-hydrogen) atoms. The number of halogens is 1. The zero-order chi connectivity index (χ0) is 24.7. The van der Waals surface area contributed by atoms with Gasteiger partial charge in [0.25, 0.3) is 0 Å². The molecule has 8 nitrogen and oxygen atoms in total. The Bertz CT molecular complexity index is 1160. The molecule has 2 aromatic carbocycles. The summed E-state index contributed by atoms with van der Waals surface area (Å²) in [6.07, 6.45) is 0. The second-order valence-electron chi connectivity index (χ2n) is 7.14. The third kappa shape index (κ3) is 5.79. The van der Waals surface area contributed by atoms with Crippen molar-refractivity contribution in [2.24, 2.45) is 5.92 Å². The summed E-state index contributed by atoms with van der Waals surface area (Å²) in [4.78, 5) is 38.0. The van der Waals surface area contributed by atoms with E-state index in [1.165, 1.54) is 7.11 Å². The Morgan fingerprint density at radius 3 is 2.56 bits per heavy atom. The molecule has 0 spiro atoms. The van der Waals surface area contributed by atoms with Crippen molar-refractivity contribution in [1.82, 2.24) is 5.32 Å². The SMILES string of the molecule is CCOc1ccccc1[C@H]1C(C#N)=C(SCC(=O)Nc2ccc(Br)cc2)NC(=O)[C@@H]1C(=O)OC. The fourth-order valence-corrected chi connectivity index (χ4v) is 4.66. The van der Waals surface area contributed by atoms with Crippen LogP contribution in [0, 0.1) is 17.2 Å². The first-order valence-corrected chi connectivity index (χ1v) is 12.1. The number of amides is 2. The number of nitrogens with zero attached hydrogens (tertiary/aromatic N) is 1. The first kappa shape index (κ1) is 25.3. The van der Waals surface area contributed by atoms with Gasteiger partial charge in [-0.1, -0.05) is 45.9 Å². The van der Waals surface area contributed by atoms with Crippen LogP contribution in [0.15, 0.2) is 63.6 Å². The summed E-state index contributed by atoms with van der Waals surface area (Å²) in [6, 6.07) is 16.2. The van der Waals surface area contributed by atoms with Gasteiger partial charge in [0.1, 0.15) is 11.7 Å². The van der Waals surface area contributed by atoms with Crippen LogP contribution >= 0.6 is 27.7 Å². The molecule has 0 unspecified atom stereocenters. The average Bonchev–Trinajstić information content (AvgIpc) is 2.84. The van der Waals surface area contributed by atoms with E-state index in [0.717, 1.165) is 16.2 Å². The van der Waals surface area contributed by atoms with Gasteiger partial charge in [-0.15, -0.1) is 0 Å². The maximum atomic E-state index is 13.0. The van der Waals surface area contributed by atoms with Crippen LogP contribution in [0.5, 0.6) is 5.75 Å². The Labute approximate surface area is 209 Å². The molecule has 0 fully saturated rings. The molecule has 1 heterocycles. The average molecular weight is 544 g/mol. The van der Waals surface area contributed by atoms with Crippen LogP contribution in [-0.2, 0) is 19.1 Å². The molecule has 0 saturated heterocycles. The molecule has 0 aromatic heterocycles. The van der Waals surface area contributed by atoms with Crippen molar-refractivity contribution in [3.05, 3.63) is 69.2 Å². The number of nitrogens with one attached hydrogen (secondary N) is 2. The van der Waals surface area contributed by atoms with E-state index in [1.54, 1.807) is 48.5 Å². The highest BCUT2D eigenvalue weighted by molar-refractivity contribution is 9.10. The standard InChI is InChI=1S/C24H22BrN3O5S/c1-3-33-18-7-5-4-6-16(18)20-17(12-26)23(28-22(30)21(20)24(31)32-2)34-13-19(29)27-15-10-8-14(25)9-11-15/h4-11,20-21H,3,13H2,1-2H3,(H,27,29)(H,28,30)/t20-,21+/m0/s1. The highest BCUT2D eigenvalue weighted by Crippen LogP contribution is 2.43. The van der Waals surface area contributed by atoms with Crippen molar-refractivity contribution in [2.45, 2.75) is 12.8 Å². The Hall–Kier alpha value is -3.29. The summed E-state index contributed by atoms with van der Waals surface area (Å²) in [7, 11) is 1.19. The topological polar surface area (TPSA) is 118 Å². The smallest absolute Gasteiger partial charge is 0.319 e. The Kier molecular flexibility index (Phi) is 8.73. The molecule has 10 heteroatoms. The largest absolute Gasteiger partial charge is 0.494 e. The number of allylic oxidation sites excluding steroid dienone is 1. The molecule has 0 saturated carbocycles. The highest BCUT2D eigenvalue weighted by Gasteiger charge is 2.45.